The summed E-state index contributed by atoms with van der Waals surface area (Å²) in [7, 11) is -3.41. The van der Waals surface area contributed by atoms with Gasteiger partial charge in [-0.25, -0.2) is 13.1 Å². The molecule has 0 aromatic heterocycles. The maximum atomic E-state index is 12.4. The maximum absolute atomic E-state index is 12.4. The molecule has 1 saturated heterocycles. The molecule has 1 aromatic rings. The van der Waals surface area contributed by atoms with Crippen LogP contribution >= 0.6 is 0 Å². The minimum atomic E-state index is -3.41. The molecule has 0 spiro atoms. The maximum Gasteiger partial charge on any atom is 0.240 e. The molecule has 1 aliphatic rings. The highest BCUT2D eigenvalue weighted by atomic mass is 32.2. The number of sulfonamides is 1. The molecule has 0 unspecified atom stereocenters. The van der Waals surface area contributed by atoms with Crippen molar-refractivity contribution >= 4 is 10.0 Å². The van der Waals surface area contributed by atoms with Crippen molar-refractivity contribution in [3.8, 4) is 0 Å². The number of rotatable bonds is 5. The van der Waals surface area contributed by atoms with Gasteiger partial charge < -0.3 is 5.32 Å². The first-order chi connectivity index (χ1) is 9.82. The van der Waals surface area contributed by atoms with Crippen LogP contribution in [0.2, 0.25) is 0 Å². The van der Waals surface area contributed by atoms with Crippen molar-refractivity contribution in [3.63, 3.8) is 0 Å². The molecule has 0 aliphatic carbocycles. The summed E-state index contributed by atoms with van der Waals surface area (Å²) in [5.74, 6) is 0.406. The summed E-state index contributed by atoms with van der Waals surface area (Å²) in [6.07, 6.45) is 2.00. The lowest BCUT2D eigenvalue weighted by Gasteiger charge is -2.34. The van der Waals surface area contributed by atoms with Gasteiger partial charge in [0.2, 0.25) is 10.0 Å². The van der Waals surface area contributed by atoms with Gasteiger partial charge in [-0.2, -0.15) is 0 Å². The second-order valence-electron chi connectivity index (χ2n) is 6.61. The molecule has 0 bridgehead atoms. The van der Waals surface area contributed by atoms with Crippen molar-refractivity contribution in [2.24, 2.45) is 5.41 Å². The van der Waals surface area contributed by atoms with Gasteiger partial charge in [0, 0.05) is 6.54 Å². The minimum Gasteiger partial charge on any atom is -0.317 e. The van der Waals surface area contributed by atoms with Crippen LogP contribution < -0.4 is 10.0 Å². The van der Waals surface area contributed by atoms with Gasteiger partial charge in [-0.15, -0.1) is 0 Å². The monoisotopic (exact) mass is 310 g/mol. The summed E-state index contributed by atoms with van der Waals surface area (Å²) in [6, 6.07) is 7.18. The fourth-order valence-corrected chi connectivity index (χ4v) is 3.79. The van der Waals surface area contributed by atoms with Crippen LogP contribution in [0.5, 0.6) is 0 Å². The molecule has 1 heterocycles. The topological polar surface area (TPSA) is 58.2 Å². The second kappa shape index (κ2) is 6.46. The summed E-state index contributed by atoms with van der Waals surface area (Å²) in [4.78, 5) is 0.351. The van der Waals surface area contributed by atoms with Crippen LogP contribution in [0, 0.1) is 5.41 Å². The summed E-state index contributed by atoms with van der Waals surface area (Å²) in [5, 5.41) is 3.31. The summed E-state index contributed by atoms with van der Waals surface area (Å²) < 4.78 is 27.5. The van der Waals surface area contributed by atoms with Gasteiger partial charge >= 0.3 is 0 Å². The minimum absolute atomic E-state index is 0.0518. The first kappa shape index (κ1) is 16.5. The van der Waals surface area contributed by atoms with Crippen LogP contribution in [0.25, 0.3) is 0 Å². The highest BCUT2D eigenvalue weighted by Gasteiger charge is 2.28. The summed E-state index contributed by atoms with van der Waals surface area (Å²) in [5.41, 5.74) is 1.20. The average molecular weight is 310 g/mol. The fraction of sp³-hybridized carbons (Fsp3) is 0.625. The third-order valence-corrected chi connectivity index (χ3v) is 5.77. The quantitative estimate of drug-likeness (QED) is 0.878. The van der Waals surface area contributed by atoms with Crippen LogP contribution in [-0.4, -0.2) is 28.1 Å². The van der Waals surface area contributed by atoms with Crippen LogP contribution in [0.3, 0.4) is 0 Å². The van der Waals surface area contributed by atoms with E-state index in [1.54, 1.807) is 12.1 Å². The largest absolute Gasteiger partial charge is 0.317 e. The zero-order valence-corrected chi connectivity index (χ0v) is 14.0. The number of hydrogen-bond donors (Lipinski definition) is 2. The van der Waals surface area contributed by atoms with Crippen molar-refractivity contribution in [2.45, 2.75) is 44.4 Å². The Hall–Kier alpha value is -0.910. The molecule has 2 rings (SSSR count). The number of piperidine rings is 1. The summed E-state index contributed by atoms with van der Waals surface area (Å²) in [6.45, 7) is 8.77. The van der Waals surface area contributed by atoms with E-state index in [9.17, 15) is 8.42 Å². The number of nitrogens with one attached hydrogen (secondary N) is 2. The van der Waals surface area contributed by atoms with Gasteiger partial charge in [0.1, 0.15) is 0 Å². The van der Waals surface area contributed by atoms with E-state index in [1.165, 1.54) is 0 Å². The highest BCUT2D eigenvalue weighted by molar-refractivity contribution is 7.89. The first-order valence-corrected chi connectivity index (χ1v) is 9.11. The Morgan fingerprint density at radius 2 is 1.76 bits per heavy atom. The van der Waals surface area contributed by atoms with Crippen LogP contribution in [-0.2, 0) is 10.0 Å². The molecule has 4 nitrogen and oxygen atoms in total. The van der Waals surface area contributed by atoms with E-state index in [2.05, 4.69) is 30.8 Å². The Bertz CT molecular complexity index is 558. The molecule has 0 saturated carbocycles. The van der Waals surface area contributed by atoms with E-state index in [0.717, 1.165) is 31.5 Å². The molecule has 1 fully saturated rings. The lowest BCUT2D eigenvalue weighted by atomic mass is 9.81. The SMILES string of the molecule is CC(C)c1ccc(S(=O)(=O)NCC2(C)CCNCC2)cc1. The molecule has 21 heavy (non-hydrogen) atoms. The molecule has 1 aliphatic heterocycles. The van der Waals surface area contributed by atoms with Gasteiger partial charge in [-0.1, -0.05) is 32.9 Å². The Balaban J connectivity index is 2.04. The molecular formula is C16H26N2O2S. The van der Waals surface area contributed by atoms with Gasteiger partial charge in [0.25, 0.3) is 0 Å². The van der Waals surface area contributed by atoms with Gasteiger partial charge in [0.15, 0.2) is 0 Å². The molecule has 0 atom stereocenters. The normalized spacial score (nSPS) is 18.9. The zero-order valence-electron chi connectivity index (χ0n) is 13.1. The predicted molar refractivity (Wildman–Crippen MR) is 85.9 cm³/mol. The average Bonchev–Trinajstić information content (AvgIpc) is 2.46. The van der Waals surface area contributed by atoms with E-state index < -0.39 is 10.0 Å². The van der Waals surface area contributed by atoms with Crippen LogP contribution in [0.1, 0.15) is 45.1 Å². The lowest BCUT2D eigenvalue weighted by Crippen LogP contribution is -2.42. The van der Waals surface area contributed by atoms with E-state index in [1.807, 2.05) is 12.1 Å². The Kier molecular flexibility index (Phi) is 5.07. The lowest BCUT2D eigenvalue weighted by molar-refractivity contribution is 0.232. The predicted octanol–water partition coefficient (Wildman–Crippen LogP) is 2.48. The van der Waals surface area contributed by atoms with Gasteiger partial charge in [0.05, 0.1) is 4.90 Å². The smallest absolute Gasteiger partial charge is 0.240 e. The molecule has 0 radical (unpaired) electrons. The second-order valence-corrected chi connectivity index (χ2v) is 8.38. The Labute approximate surface area is 128 Å². The van der Waals surface area contributed by atoms with Crippen molar-refractivity contribution in [3.05, 3.63) is 29.8 Å². The van der Waals surface area contributed by atoms with E-state index in [-0.39, 0.29) is 5.41 Å². The van der Waals surface area contributed by atoms with E-state index in [0.29, 0.717) is 17.4 Å². The number of benzene rings is 1. The summed E-state index contributed by atoms with van der Waals surface area (Å²) >= 11 is 0. The third kappa shape index (κ3) is 4.28. The van der Waals surface area contributed by atoms with Gasteiger partial charge in [-0.05, 0) is 55.0 Å². The van der Waals surface area contributed by atoms with Crippen molar-refractivity contribution in [2.75, 3.05) is 19.6 Å². The first-order valence-electron chi connectivity index (χ1n) is 7.63. The zero-order chi connectivity index (χ0) is 15.5. The van der Waals surface area contributed by atoms with Crippen LogP contribution in [0.15, 0.2) is 29.2 Å². The Morgan fingerprint density at radius 1 is 1.19 bits per heavy atom. The molecular weight excluding hydrogens is 284 g/mol. The van der Waals surface area contributed by atoms with Crippen LogP contribution in [0.4, 0.5) is 0 Å². The fourth-order valence-electron chi connectivity index (χ4n) is 2.59. The Morgan fingerprint density at radius 3 is 2.29 bits per heavy atom. The van der Waals surface area contributed by atoms with Crippen molar-refractivity contribution in [1.82, 2.24) is 10.0 Å². The van der Waals surface area contributed by atoms with Crippen molar-refractivity contribution < 1.29 is 8.42 Å². The molecule has 1 aromatic carbocycles. The van der Waals surface area contributed by atoms with E-state index in [4.69, 9.17) is 0 Å². The standard InChI is InChI=1S/C16H26N2O2S/c1-13(2)14-4-6-15(7-5-14)21(19,20)18-12-16(3)8-10-17-11-9-16/h4-7,13,17-18H,8-12H2,1-3H3. The molecule has 118 valence electrons. The number of hydrogen-bond acceptors (Lipinski definition) is 3. The molecule has 0 amide bonds. The molecule has 5 heteroatoms. The molecule has 2 N–H and O–H groups in total. The van der Waals surface area contributed by atoms with E-state index >= 15 is 0 Å². The third-order valence-electron chi connectivity index (χ3n) is 4.36. The van der Waals surface area contributed by atoms with Gasteiger partial charge in [-0.3, -0.25) is 0 Å². The van der Waals surface area contributed by atoms with Crippen molar-refractivity contribution in [1.29, 1.82) is 0 Å². The highest BCUT2D eigenvalue weighted by Crippen LogP contribution is 2.27.